The van der Waals surface area contributed by atoms with E-state index in [9.17, 15) is 0 Å². The van der Waals surface area contributed by atoms with Crippen molar-refractivity contribution >= 4 is 11.6 Å². The van der Waals surface area contributed by atoms with Gasteiger partial charge in [0.25, 0.3) is 0 Å². The van der Waals surface area contributed by atoms with Crippen LogP contribution < -0.4 is 0 Å². The molecule has 0 saturated carbocycles. The van der Waals surface area contributed by atoms with Gasteiger partial charge in [-0.15, -0.1) is 0 Å². The highest BCUT2D eigenvalue weighted by atomic mass is 35.5. The summed E-state index contributed by atoms with van der Waals surface area (Å²) >= 11 is 5.83. The number of nitrogens with zero attached hydrogens (tertiary/aromatic N) is 3. The fourth-order valence-corrected chi connectivity index (χ4v) is 3.21. The first kappa shape index (κ1) is 14.6. The molecule has 0 aliphatic carbocycles. The largest absolute Gasteiger partial charge is 0.372 e. The average molecular weight is 310 g/mol. The Kier molecular flexibility index (Phi) is 3.82. The summed E-state index contributed by atoms with van der Waals surface area (Å²) in [5, 5.41) is 0.522. The molecule has 2 atom stereocenters. The van der Waals surface area contributed by atoms with Gasteiger partial charge in [0.1, 0.15) is 17.1 Å². The maximum Gasteiger partial charge on any atom is 0.169 e. The minimum Gasteiger partial charge on any atom is -0.372 e. The van der Waals surface area contributed by atoms with Gasteiger partial charge in [-0.05, 0) is 24.6 Å². The summed E-state index contributed by atoms with van der Waals surface area (Å²) in [5.41, 5.74) is 0.707. The third-order valence-electron chi connectivity index (χ3n) is 4.39. The van der Waals surface area contributed by atoms with E-state index < -0.39 is 5.72 Å². The Morgan fingerprint density at radius 1 is 1.38 bits per heavy atom. The number of rotatable bonds is 4. The van der Waals surface area contributed by atoms with Gasteiger partial charge in [0.05, 0.1) is 0 Å². The summed E-state index contributed by atoms with van der Waals surface area (Å²) in [6.45, 7) is 4.77. The molecule has 3 heterocycles. The van der Waals surface area contributed by atoms with Gasteiger partial charge in [-0.25, -0.2) is 4.98 Å². The summed E-state index contributed by atoms with van der Waals surface area (Å²) in [6, 6.07) is 3.84. The summed E-state index contributed by atoms with van der Waals surface area (Å²) in [6.07, 6.45) is 3.90. The fraction of sp³-hybridized carbons (Fsp3) is 0.533. The maximum absolute atomic E-state index is 5.83. The normalized spacial score (nSPS) is 28.0. The quantitative estimate of drug-likeness (QED) is 0.796. The van der Waals surface area contributed by atoms with Gasteiger partial charge in [-0.3, -0.25) is 0 Å². The van der Waals surface area contributed by atoms with Gasteiger partial charge in [0.2, 0.25) is 0 Å². The van der Waals surface area contributed by atoms with Gasteiger partial charge in [0, 0.05) is 40.1 Å². The van der Waals surface area contributed by atoms with E-state index in [0.29, 0.717) is 5.15 Å². The average Bonchev–Trinajstić information content (AvgIpc) is 3.01. The molecule has 1 aromatic heterocycles. The highest BCUT2D eigenvalue weighted by Gasteiger charge is 2.49. The van der Waals surface area contributed by atoms with Crippen LogP contribution in [0.15, 0.2) is 30.2 Å². The van der Waals surface area contributed by atoms with Crippen LogP contribution in [-0.2, 0) is 16.0 Å². The molecule has 0 amide bonds. The lowest BCUT2D eigenvalue weighted by Crippen LogP contribution is -2.50. The molecule has 0 radical (unpaired) electrons. The van der Waals surface area contributed by atoms with E-state index in [4.69, 9.17) is 21.1 Å². The number of hydrogen-bond acceptors (Lipinski definition) is 5. The van der Waals surface area contributed by atoms with Crippen molar-refractivity contribution in [3.63, 3.8) is 0 Å². The Labute approximate surface area is 130 Å². The van der Waals surface area contributed by atoms with Crippen LogP contribution in [-0.4, -0.2) is 53.9 Å². The molecule has 1 fully saturated rings. The number of ether oxygens (including phenoxy) is 2. The van der Waals surface area contributed by atoms with Crippen molar-refractivity contribution in [2.75, 3.05) is 27.3 Å². The molecule has 21 heavy (non-hydrogen) atoms. The van der Waals surface area contributed by atoms with E-state index >= 15 is 0 Å². The van der Waals surface area contributed by atoms with Crippen molar-refractivity contribution in [3.05, 3.63) is 40.9 Å². The third-order valence-corrected chi connectivity index (χ3v) is 4.61. The Hall–Kier alpha value is -1.30. The lowest BCUT2D eigenvalue weighted by atomic mass is 10.1. The molecule has 2 aliphatic heterocycles. The molecule has 1 aromatic rings. The van der Waals surface area contributed by atoms with Crippen LogP contribution in [0.3, 0.4) is 0 Å². The Morgan fingerprint density at radius 3 is 2.81 bits per heavy atom. The SMILES string of the molecule is COC1C=C2N(Cc3ccc(Cl)nc3)CCN2C1(C)OC. The summed E-state index contributed by atoms with van der Waals surface area (Å²) in [7, 11) is 3.45. The smallest absolute Gasteiger partial charge is 0.169 e. The molecule has 6 heteroatoms. The zero-order valence-corrected chi connectivity index (χ0v) is 13.3. The number of methoxy groups -OCH3 is 2. The molecule has 0 N–H and O–H groups in total. The number of halogens is 1. The summed E-state index contributed by atoms with van der Waals surface area (Å²) < 4.78 is 11.3. The zero-order valence-electron chi connectivity index (χ0n) is 12.5. The molecule has 0 spiro atoms. The summed E-state index contributed by atoms with van der Waals surface area (Å²) in [5.74, 6) is 1.17. The van der Waals surface area contributed by atoms with Gasteiger partial charge in [-0.2, -0.15) is 0 Å². The molecule has 2 aliphatic rings. The van der Waals surface area contributed by atoms with Crippen molar-refractivity contribution in [1.82, 2.24) is 14.8 Å². The highest BCUT2D eigenvalue weighted by Crippen LogP contribution is 2.39. The van der Waals surface area contributed by atoms with Crippen molar-refractivity contribution in [1.29, 1.82) is 0 Å². The Morgan fingerprint density at radius 2 is 2.19 bits per heavy atom. The van der Waals surface area contributed by atoms with Crippen LogP contribution in [0.1, 0.15) is 12.5 Å². The van der Waals surface area contributed by atoms with Crippen LogP contribution in [0.4, 0.5) is 0 Å². The molecule has 5 nitrogen and oxygen atoms in total. The van der Waals surface area contributed by atoms with Crippen LogP contribution in [0, 0.1) is 0 Å². The molecule has 1 saturated heterocycles. The second-order valence-electron chi connectivity index (χ2n) is 5.50. The topological polar surface area (TPSA) is 37.8 Å². The number of aromatic nitrogens is 1. The van der Waals surface area contributed by atoms with Gasteiger partial charge >= 0.3 is 0 Å². The number of pyridine rings is 1. The monoisotopic (exact) mass is 309 g/mol. The predicted octanol–water partition coefficient (Wildman–Crippen LogP) is 2.09. The lowest BCUT2D eigenvalue weighted by Gasteiger charge is -2.37. The molecular weight excluding hydrogens is 290 g/mol. The molecule has 0 aromatic carbocycles. The van der Waals surface area contributed by atoms with E-state index in [1.54, 1.807) is 14.2 Å². The van der Waals surface area contributed by atoms with Crippen molar-refractivity contribution in [3.8, 4) is 0 Å². The minimum atomic E-state index is -0.433. The molecular formula is C15H20ClN3O2. The van der Waals surface area contributed by atoms with E-state index in [2.05, 4.69) is 27.8 Å². The highest BCUT2D eigenvalue weighted by molar-refractivity contribution is 6.29. The fourth-order valence-electron chi connectivity index (χ4n) is 3.10. The second kappa shape index (κ2) is 5.48. The van der Waals surface area contributed by atoms with Crippen LogP contribution >= 0.6 is 11.6 Å². The van der Waals surface area contributed by atoms with E-state index in [0.717, 1.165) is 25.2 Å². The molecule has 0 bridgehead atoms. The Bertz CT molecular complexity index is 548. The maximum atomic E-state index is 5.83. The predicted molar refractivity (Wildman–Crippen MR) is 80.7 cm³/mol. The first-order chi connectivity index (χ1) is 10.1. The molecule has 114 valence electrons. The number of hydrogen-bond donors (Lipinski definition) is 0. The second-order valence-corrected chi connectivity index (χ2v) is 5.89. The summed E-state index contributed by atoms with van der Waals surface area (Å²) in [4.78, 5) is 8.73. The van der Waals surface area contributed by atoms with E-state index in [-0.39, 0.29) is 6.10 Å². The van der Waals surface area contributed by atoms with Crippen molar-refractivity contribution < 1.29 is 9.47 Å². The molecule has 2 unspecified atom stereocenters. The van der Waals surface area contributed by atoms with Crippen molar-refractivity contribution in [2.24, 2.45) is 0 Å². The first-order valence-electron chi connectivity index (χ1n) is 7.01. The van der Waals surface area contributed by atoms with Gasteiger partial charge in [-0.1, -0.05) is 17.7 Å². The lowest BCUT2D eigenvalue weighted by molar-refractivity contribution is -0.151. The third kappa shape index (κ3) is 2.39. The van der Waals surface area contributed by atoms with Crippen LogP contribution in [0.25, 0.3) is 0 Å². The van der Waals surface area contributed by atoms with E-state index in [1.807, 2.05) is 18.3 Å². The van der Waals surface area contributed by atoms with Crippen LogP contribution in [0.5, 0.6) is 0 Å². The van der Waals surface area contributed by atoms with Gasteiger partial charge < -0.3 is 19.3 Å². The Balaban J connectivity index is 1.79. The number of fused-ring (bicyclic) bond motifs is 1. The van der Waals surface area contributed by atoms with Crippen LogP contribution in [0.2, 0.25) is 5.15 Å². The van der Waals surface area contributed by atoms with E-state index in [1.165, 1.54) is 5.82 Å². The first-order valence-corrected chi connectivity index (χ1v) is 7.39. The van der Waals surface area contributed by atoms with Gasteiger partial charge in [0.15, 0.2) is 5.72 Å². The standard InChI is InChI=1S/C15H20ClN3O2/c1-15(21-3)12(20-2)8-14-18(6-7-19(14)15)10-11-4-5-13(16)17-9-11/h4-5,8-9,12H,6-7,10H2,1-3H3. The molecule has 3 rings (SSSR count). The zero-order chi connectivity index (χ0) is 15.0. The van der Waals surface area contributed by atoms with Crippen molar-refractivity contribution in [2.45, 2.75) is 25.3 Å². The minimum absolute atomic E-state index is 0.0661.